The van der Waals surface area contributed by atoms with Gasteiger partial charge in [-0.25, -0.2) is 0 Å². The van der Waals surface area contributed by atoms with Gasteiger partial charge in [0.05, 0.1) is 6.17 Å². The predicted molar refractivity (Wildman–Crippen MR) is 34.6 cm³/mol. The van der Waals surface area contributed by atoms with Gasteiger partial charge in [0.1, 0.15) is 0 Å². The van der Waals surface area contributed by atoms with Crippen LogP contribution in [-0.4, -0.2) is 31.2 Å². The molecule has 0 amide bonds. The van der Waals surface area contributed by atoms with Gasteiger partial charge >= 0.3 is 0 Å². The van der Waals surface area contributed by atoms with E-state index in [2.05, 4.69) is 16.0 Å². The quantitative estimate of drug-likeness (QED) is 0.364. The Bertz CT molecular complexity index is 69.8. The summed E-state index contributed by atoms with van der Waals surface area (Å²) in [6.45, 7) is 1.90. The molecule has 4 N–H and O–H groups in total. The van der Waals surface area contributed by atoms with Crippen molar-refractivity contribution in [2.75, 3.05) is 19.9 Å². The third-order valence-corrected chi connectivity index (χ3v) is 1.36. The van der Waals surface area contributed by atoms with Crippen molar-refractivity contribution in [1.82, 2.24) is 16.0 Å². The molecule has 0 bridgehead atoms. The summed E-state index contributed by atoms with van der Waals surface area (Å²) < 4.78 is 0. The molecule has 0 aromatic rings. The molecule has 0 aliphatic carbocycles. The van der Waals surface area contributed by atoms with E-state index in [-0.39, 0.29) is 12.8 Å². The molecule has 0 aromatic carbocycles. The summed E-state index contributed by atoms with van der Waals surface area (Å²) >= 11 is 0. The third-order valence-electron chi connectivity index (χ3n) is 1.36. The molecule has 0 saturated carbocycles. The number of hydrogen-bond acceptors (Lipinski definition) is 4. The van der Waals surface area contributed by atoms with Crippen LogP contribution in [0, 0.1) is 0 Å². The maximum absolute atomic E-state index is 8.52. The van der Waals surface area contributed by atoms with Gasteiger partial charge in [0.15, 0.2) is 0 Å². The summed E-state index contributed by atoms with van der Waals surface area (Å²) in [5.74, 6) is 0. The molecule has 9 heavy (non-hydrogen) atoms. The van der Waals surface area contributed by atoms with E-state index in [9.17, 15) is 0 Å². The van der Waals surface area contributed by atoms with Gasteiger partial charge < -0.3 is 5.11 Å². The molecule has 0 unspecified atom stereocenters. The van der Waals surface area contributed by atoms with Crippen molar-refractivity contribution in [2.24, 2.45) is 0 Å². The highest BCUT2D eigenvalue weighted by Crippen LogP contribution is 1.86. The molecular weight excluding hydrogens is 118 g/mol. The highest BCUT2D eigenvalue weighted by molar-refractivity contribution is 4.66. The van der Waals surface area contributed by atoms with Crippen molar-refractivity contribution in [3.63, 3.8) is 0 Å². The molecular formula is C5H13N3O. The second kappa shape index (κ2) is 3.79. The molecule has 0 atom stereocenters. The molecule has 0 radical (unpaired) electrons. The Labute approximate surface area is 54.6 Å². The molecule has 1 fully saturated rings. The Kier molecular flexibility index (Phi) is 2.93. The highest BCUT2D eigenvalue weighted by atomic mass is 16.3. The van der Waals surface area contributed by atoms with Crippen molar-refractivity contribution in [1.29, 1.82) is 0 Å². The highest BCUT2D eigenvalue weighted by Gasteiger charge is 2.08. The summed E-state index contributed by atoms with van der Waals surface area (Å²) in [6, 6.07) is 0. The van der Waals surface area contributed by atoms with Gasteiger partial charge in [0.2, 0.25) is 0 Å². The smallest absolute Gasteiger partial charge is 0.0613 e. The van der Waals surface area contributed by atoms with Crippen LogP contribution in [0.1, 0.15) is 6.42 Å². The first-order valence-electron chi connectivity index (χ1n) is 3.22. The second-order valence-corrected chi connectivity index (χ2v) is 2.08. The zero-order valence-electron chi connectivity index (χ0n) is 5.35. The molecule has 1 heterocycles. The van der Waals surface area contributed by atoms with E-state index in [4.69, 9.17) is 5.11 Å². The first kappa shape index (κ1) is 6.95. The largest absolute Gasteiger partial charge is 0.396 e. The first-order valence-corrected chi connectivity index (χ1v) is 3.22. The molecule has 1 saturated heterocycles. The van der Waals surface area contributed by atoms with Gasteiger partial charge in [0.25, 0.3) is 0 Å². The number of hydrogen-bond donors (Lipinski definition) is 4. The molecule has 0 spiro atoms. The van der Waals surface area contributed by atoms with Crippen molar-refractivity contribution >= 4 is 0 Å². The van der Waals surface area contributed by atoms with Crippen LogP contribution in [-0.2, 0) is 0 Å². The van der Waals surface area contributed by atoms with Crippen LogP contribution < -0.4 is 16.0 Å². The Morgan fingerprint density at radius 2 is 2.00 bits per heavy atom. The summed E-state index contributed by atoms with van der Waals surface area (Å²) in [7, 11) is 0. The average Bonchev–Trinajstić information content (AvgIpc) is 1.91. The van der Waals surface area contributed by atoms with Gasteiger partial charge in [0, 0.05) is 19.9 Å². The second-order valence-electron chi connectivity index (χ2n) is 2.08. The molecule has 0 aromatic heterocycles. The number of aliphatic hydroxyl groups is 1. The van der Waals surface area contributed by atoms with Crippen LogP contribution in [0.3, 0.4) is 0 Å². The van der Waals surface area contributed by atoms with Gasteiger partial charge in [-0.05, 0) is 6.42 Å². The molecule has 1 aliphatic heterocycles. The fourth-order valence-corrected chi connectivity index (χ4v) is 0.859. The van der Waals surface area contributed by atoms with E-state index in [1.54, 1.807) is 0 Å². The van der Waals surface area contributed by atoms with Crippen molar-refractivity contribution in [3.8, 4) is 0 Å². The SMILES string of the molecule is OCCC1NCNCN1. The zero-order chi connectivity index (χ0) is 6.53. The van der Waals surface area contributed by atoms with Crippen LogP contribution in [0.5, 0.6) is 0 Å². The van der Waals surface area contributed by atoms with Crippen LogP contribution in [0.2, 0.25) is 0 Å². The van der Waals surface area contributed by atoms with Gasteiger partial charge in [-0.3, -0.25) is 16.0 Å². The predicted octanol–water partition coefficient (Wildman–Crippen LogP) is -1.61. The van der Waals surface area contributed by atoms with E-state index in [1.165, 1.54) is 0 Å². The fraction of sp³-hybridized carbons (Fsp3) is 1.00. The minimum absolute atomic E-state index is 0.241. The van der Waals surface area contributed by atoms with Crippen molar-refractivity contribution in [2.45, 2.75) is 12.6 Å². The Morgan fingerprint density at radius 1 is 1.33 bits per heavy atom. The number of aliphatic hydroxyl groups excluding tert-OH is 1. The molecule has 1 aliphatic rings. The lowest BCUT2D eigenvalue weighted by Crippen LogP contribution is -2.55. The topological polar surface area (TPSA) is 56.3 Å². The van der Waals surface area contributed by atoms with Gasteiger partial charge in [-0.15, -0.1) is 0 Å². The van der Waals surface area contributed by atoms with E-state index < -0.39 is 0 Å². The van der Waals surface area contributed by atoms with Gasteiger partial charge in [-0.1, -0.05) is 0 Å². The lowest BCUT2D eigenvalue weighted by atomic mass is 10.3. The van der Waals surface area contributed by atoms with E-state index in [0.29, 0.717) is 0 Å². The van der Waals surface area contributed by atoms with Crippen LogP contribution >= 0.6 is 0 Å². The number of nitrogens with one attached hydrogen (secondary N) is 3. The van der Waals surface area contributed by atoms with Crippen molar-refractivity contribution < 1.29 is 5.11 Å². The molecule has 4 heteroatoms. The fourth-order valence-electron chi connectivity index (χ4n) is 0.859. The van der Waals surface area contributed by atoms with E-state index >= 15 is 0 Å². The van der Waals surface area contributed by atoms with Crippen LogP contribution in [0.4, 0.5) is 0 Å². The Balaban J connectivity index is 2.08. The molecule has 1 rings (SSSR count). The van der Waals surface area contributed by atoms with Crippen LogP contribution in [0.25, 0.3) is 0 Å². The van der Waals surface area contributed by atoms with Crippen LogP contribution in [0.15, 0.2) is 0 Å². The first-order chi connectivity index (χ1) is 4.43. The minimum atomic E-state index is 0.241. The summed E-state index contributed by atoms with van der Waals surface area (Å²) in [5, 5.41) is 17.9. The molecule has 4 nitrogen and oxygen atoms in total. The van der Waals surface area contributed by atoms with Crippen molar-refractivity contribution in [3.05, 3.63) is 0 Å². The van der Waals surface area contributed by atoms with E-state index in [1.807, 2.05) is 0 Å². The Hall–Kier alpha value is -0.160. The minimum Gasteiger partial charge on any atom is -0.396 e. The summed E-state index contributed by atoms with van der Waals surface area (Å²) in [5.41, 5.74) is 0. The summed E-state index contributed by atoms with van der Waals surface area (Å²) in [4.78, 5) is 0. The van der Waals surface area contributed by atoms with E-state index in [0.717, 1.165) is 19.8 Å². The maximum Gasteiger partial charge on any atom is 0.0613 e. The normalized spacial score (nSPS) is 22.3. The monoisotopic (exact) mass is 131 g/mol. The maximum atomic E-state index is 8.52. The summed E-state index contributed by atoms with van der Waals surface area (Å²) in [6.07, 6.45) is 1.07. The standard InChI is InChI=1S/C5H13N3O/c9-2-1-5-7-3-6-4-8-5/h5-9H,1-4H2. The number of rotatable bonds is 2. The lowest BCUT2D eigenvalue weighted by molar-refractivity contribution is 0.232. The Morgan fingerprint density at radius 3 is 2.56 bits per heavy atom. The third kappa shape index (κ3) is 2.28. The van der Waals surface area contributed by atoms with Gasteiger partial charge in [-0.2, -0.15) is 0 Å². The average molecular weight is 131 g/mol. The lowest BCUT2D eigenvalue weighted by Gasteiger charge is -2.24. The molecule has 54 valence electrons. The zero-order valence-corrected chi connectivity index (χ0v) is 5.35.